The Labute approximate surface area is 102 Å². The van der Waals surface area contributed by atoms with Crippen LogP contribution in [0.5, 0.6) is 0 Å². The Kier molecular flexibility index (Phi) is 3.34. The minimum absolute atomic E-state index is 0.101. The molecular weight excluding hydrogens is 238 g/mol. The van der Waals surface area contributed by atoms with Gasteiger partial charge in [-0.3, -0.25) is 10.1 Å². The molecule has 0 fully saturated rings. The summed E-state index contributed by atoms with van der Waals surface area (Å²) >= 11 is 1.63. The second kappa shape index (κ2) is 4.92. The van der Waals surface area contributed by atoms with Gasteiger partial charge < -0.3 is 5.32 Å². The fourth-order valence-electron chi connectivity index (χ4n) is 1.38. The Bertz CT molecular complexity index is 522. The van der Waals surface area contributed by atoms with E-state index in [0.717, 1.165) is 15.6 Å². The van der Waals surface area contributed by atoms with E-state index in [0.29, 0.717) is 6.54 Å². The smallest absolute Gasteiger partial charge is 0.269 e. The van der Waals surface area contributed by atoms with Gasteiger partial charge in [0, 0.05) is 28.9 Å². The summed E-state index contributed by atoms with van der Waals surface area (Å²) in [5.74, 6) is 0. The first kappa shape index (κ1) is 11.5. The van der Waals surface area contributed by atoms with E-state index >= 15 is 0 Å². The molecule has 17 heavy (non-hydrogen) atoms. The molecule has 88 valence electrons. The molecule has 0 saturated carbocycles. The van der Waals surface area contributed by atoms with Gasteiger partial charge in [-0.05, 0) is 19.1 Å². The van der Waals surface area contributed by atoms with E-state index in [-0.39, 0.29) is 5.69 Å². The molecule has 1 aromatic heterocycles. The topological polar surface area (TPSA) is 68.1 Å². The van der Waals surface area contributed by atoms with Gasteiger partial charge in [0.1, 0.15) is 0 Å². The molecule has 0 saturated heterocycles. The molecule has 0 spiro atoms. The summed E-state index contributed by atoms with van der Waals surface area (Å²) in [7, 11) is 0. The fourth-order valence-corrected chi connectivity index (χ4v) is 2.11. The Morgan fingerprint density at radius 3 is 2.65 bits per heavy atom. The number of rotatable bonds is 4. The molecule has 0 unspecified atom stereocenters. The zero-order chi connectivity index (χ0) is 12.3. The van der Waals surface area contributed by atoms with Crippen LogP contribution in [0.15, 0.2) is 30.5 Å². The van der Waals surface area contributed by atoms with Crippen molar-refractivity contribution in [3.05, 3.63) is 50.5 Å². The van der Waals surface area contributed by atoms with Gasteiger partial charge in [0.05, 0.1) is 16.5 Å². The van der Waals surface area contributed by atoms with Gasteiger partial charge in [0.15, 0.2) is 0 Å². The minimum Gasteiger partial charge on any atom is -0.380 e. The summed E-state index contributed by atoms with van der Waals surface area (Å²) in [5, 5.41) is 14.7. The van der Waals surface area contributed by atoms with Crippen molar-refractivity contribution in [2.24, 2.45) is 0 Å². The van der Waals surface area contributed by atoms with Crippen molar-refractivity contribution in [1.82, 2.24) is 4.98 Å². The summed E-state index contributed by atoms with van der Waals surface area (Å²) in [5.41, 5.74) is 0.964. The number of nitro groups is 1. The van der Waals surface area contributed by atoms with Crippen molar-refractivity contribution in [1.29, 1.82) is 0 Å². The average molecular weight is 249 g/mol. The fraction of sp³-hybridized carbons (Fsp3) is 0.182. The third-order valence-electron chi connectivity index (χ3n) is 2.21. The van der Waals surface area contributed by atoms with Gasteiger partial charge in [0.25, 0.3) is 5.69 Å². The Morgan fingerprint density at radius 2 is 2.12 bits per heavy atom. The van der Waals surface area contributed by atoms with Crippen LogP contribution >= 0.6 is 11.3 Å². The van der Waals surface area contributed by atoms with Crippen molar-refractivity contribution in [2.45, 2.75) is 13.5 Å². The molecule has 0 amide bonds. The molecule has 0 radical (unpaired) electrons. The van der Waals surface area contributed by atoms with Crippen molar-refractivity contribution in [2.75, 3.05) is 5.32 Å². The quantitative estimate of drug-likeness (QED) is 0.668. The van der Waals surface area contributed by atoms with Gasteiger partial charge in [0.2, 0.25) is 0 Å². The molecule has 1 N–H and O–H groups in total. The van der Waals surface area contributed by atoms with Gasteiger partial charge in [-0.25, -0.2) is 4.98 Å². The predicted molar refractivity (Wildman–Crippen MR) is 67.3 cm³/mol. The Morgan fingerprint density at radius 1 is 1.41 bits per heavy atom. The standard InChI is InChI=1S/C11H11N3O2S/c1-8-12-6-11(17-8)7-13-9-2-4-10(5-3-9)14(15)16/h2-6,13H,7H2,1H3. The predicted octanol–water partition coefficient (Wildman–Crippen LogP) is 2.97. The van der Waals surface area contributed by atoms with Crippen LogP contribution in [0, 0.1) is 17.0 Å². The number of benzene rings is 1. The molecule has 2 aromatic rings. The molecular formula is C11H11N3O2S. The van der Waals surface area contributed by atoms with E-state index in [9.17, 15) is 10.1 Å². The van der Waals surface area contributed by atoms with E-state index in [2.05, 4.69) is 10.3 Å². The van der Waals surface area contributed by atoms with Crippen LogP contribution in [0.3, 0.4) is 0 Å². The second-order valence-electron chi connectivity index (χ2n) is 3.50. The van der Waals surface area contributed by atoms with Crippen molar-refractivity contribution >= 4 is 22.7 Å². The molecule has 1 heterocycles. The van der Waals surface area contributed by atoms with Crippen molar-refractivity contribution in [3.8, 4) is 0 Å². The first-order valence-corrected chi connectivity index (χ1v) is 5.86. The monoisotopic (exact) mass is 249 g/mol. The number of nitro benzene ring substituents is 1. The zero-order valence-electron chi connectivity index (χ0n) is 9.21. The van der Waals surface area contributed by atoms with Crippen LogP contribution in [0.2, 0.25) is 0 Å². The number of thiazole rings is 1. The van der Waals surface area contributed by atoms with Gasteiger partial charge in [-0.1, -0.05) is 0 Å². The van der Waals surface area contributed by atoms with E-state index in [1.807, 2.05) is 13.1 Å². The van der Waals surface area contributed by atoms with Crippen LogP contribution in [0.4, 0.5) is 11.4 Å². The van der Waals surface area contributed by atoms with Gasteiger partial charge in [-0.2, -0.15) is 0 Å². The van der Waals surface area contributed by atoms with Crippen LogP contribution in [-0.2, 0) is 6.54 Å². The van der Waals surface area contributed by atoms with E-state index in [1.54, 1.807) is 23.5 Å². The zero-order valence-corrected chi connectivity index (χ0v) is 10.0. The minimum atomic E-state index is -0.406. The summed E-state index contributed by atoms with van der Waals surface area (Å²) in [6, 6.07) is 6.37. The first-order chi connectivity index (χ1) is 8.15. The van der Waals surface area contributed by atoms with Gasteiger partial charge in [-0.15, -0.1) is 11.3 Å². The van der Waals surface area contributed by atoms with Crippen molar-refractivity contribution < 1.29 is 4.92 Å². The number of hydrogen-bond donors (Lipinski definition) is 1. The number of aryl methyl sites for hydroxylation is 1. The van der Waals surface area contributed by atoms with Crippen LogP contribution in [0.1, 0.15) is 9.88 Å². The summed E-state index contributed by atoms with van der Waals surface area (Å²) in [6.45, 7) is 2.64. The lowest BCUT2D eigenvalue weighted by molar-refractivity contribution is -0.384. The molecule has 1 aromatic carbocycles. The number of nitrogens with zero attached hydrogens (tertiary/aromatic N) is 2. The van der Waals surface area contributed by atoms with Crippen molar-refractivity contribution in [3.63, 3.8) is 0 Å². The second-order valence-corrected chi connectivity index (χ2v) is 4.82. The summed E-state index contributed by atoms with van der Waals surface area (Å²) < 4.78 is 0. The number of hydrogen-bond acceptors (Lipinski definition) is 5. The SMILES string of the molecule is Cc1ncc(CNc2ccc([N+](=O)[O-])cc2)s1. The largest absolute Gasteiger partial charge is 0.380 e. The molecule has 6 heteroatoms. The summed E-state index contributed by atoms with van der Waals surface area (Å²) in [4.78, 5) is 15.4. The lowest BCUT2D eigenvalue weighted by atomic mass is 10.3. The van der Waals surface area contributed by atoms with Crippen LogP contribution in [-0.4, -0.2) is 9.91 Å². The molecule has 0 aliphatic heterocycles. The maximum atomic E-state index is 10.5. The van der Waals surface area contributed by atoms with Crippen LogP contribution in [0.25, 0.3) is 0 Å². The Balaban J connectivity index is 1.97. The van der Waals surface area contributed by atoms with E-state index < -0.39 is 4.92 Å². The lowest BCUT2D eigenvalue weighted by Gasteiger charge is -2.03. The first-order valence-electron chi connectivity index (χ1n) is 5.05. The highest BCUT2D eigenvalue weighted by molar-refractivity contribution is 7.11. The lowest BCUT2D eigenvalue weighted by Crippen LogP contribution is -1.97. The maximum Gasteiger partial charge on any atom is 0.269 e. The van der Waals surface area contributed by atoms with Gasteiger partial charge >= 0.3 is 0 Å². The molecule has 0 atom stereocenters. The highest BCUT2D eigenvalue weighted by Crippen LogP contribution is 2.17. The van der Waals surface area contributed by atoms with E-state index in [1.165, 1.54) is 12.1 Å². The molecule has 0 aliphatic carbocycles. The average Bonchev–Trinajstić information content (AvgIpc) is 2.73. The number of aromatic nitrogens is 1. The normalized spacial score (nSPS) is 10.2. The Hall–Kier alpha value is -1.95. The van der Waals surface area contributed by atoms with E-state index in [4.69, 9.17) is 0 Å². The number of non-ortho nitro benzene ring substituents is 1. The maximum absolute atomic E-state index is 10.5. The number of nitrogens with one attached hydrogen (secondary N) is 1. The third kappa shape index (κ3) is 3.01. The highest BCUT2D eigenvalue weighted by Gasteiger charge is 2.04. The van der Waals surface area contributed by atoms with Crippen LogP contribution < -0.4 is 5.32 Å². The number of anilines is 1. The molecule has 2 rings (SSSR count). The third-order valence-corrected chi connectivity index (χ3v) is 3.13. The molecule has 0 aliphatic rings. The molecule has 0 bridgehead atoms. The molecule has 5 nitrogen and oxygen atoms in total. The summed E-state index contributed by atoms with van der Waals surface area (Å²) in [6.07, 6.45) is 1.83. The highest BCUT2D eigenvalue weighted by atomic mass is 32.1.